The molecule has 1 fully saturated rings. The van der Waals surface area contributed by atoms with Crippen LogP contribution in [0.25, 0.3) is 6.08 Å². The number of carbonyl (C=O) groups is 2. The van der Waals surface area contributed by atoms with Gasteiger partial charge in [0.05, 0.1) is 0 Å². The number of likely N-dealkylation sites (N-methyl/N-ethyl adjacent to an activating group) is 1. The van der Waals surface area contributed by atoms with E-state index >= 15 is 0 Å². The molecule has 0 aromatic heterocycles. The molecular formula is C13H12N2O2S. The molecule has 4 nitrogen and oxygen atoms in total. The second-order valence-electron chi connectivity index (χ2n) is 4.04. The summed E-state index contributed by atoms with van der Waals surface area (Å²) >= 11 is 4.87. The van der Waals surface area contributed by atoms with Crippen molar-refractivity contribution < 1.29 is 9.59 Å². The third-order valence-corrected chi connectivity index (χ3v) is 3.17. The van der Waals surface area contributed by atoms with E-state index in [0.717, 1.165) is 11.1 Å². The molecule has 1 heterocycles. The second kappa shape index (κ2) is 4.70. The lowest BCUT2D eigenvalue weighted by Gasteiger charge is -2.25. The first kappa shape index (κ1) is 12.4. The fourth-order valence-corrected chi connectivity index (χ4v) is 1.83. The number of rotatable bonds is 1. The van der Waals surface area contributed by atoms with Crippen LogP contribution in [0, 0.1) is 6.92 Å². The van der Waals surface area contributed by atoms with Gasteiger partial charge in [0.15, 0.2) is 5.11 Å². The number of amides is 2. The Morgan fingerprint density at radius 3 is 2.61 bits per heavy atom. The molecule has 1 N–H and O–H groups in total. The van der Waals surface area contributed by atoms with Crippen LogP contribution in [0.15, 0.2) is 29.8 Å². The van der Waals surface area contributed by atoms with Gasteiger partial charge in [-0.1, -0.05) is 24.3 Å². The van der Waals surface area contributed by atoms with Crippen molar-refractivity contribution in [3.8, 4) is 0 Å². The van der Waals surface area contributed by atoms with E-state index in [4.69, 9.17) is 12.2 Å². The normalized spacial score (nSPS) is 18.2. The van der Waals surface area contributed by atoms with Crippen LogP contribution in [0.3, 0.4) is 0 Å². The molecule has 0 bridgehead atoms. The summed E-state index contributed by atoms with van der Waals surface area (Å²) in [6.45, 7) is 1.92. The zero-order chi connectivity index (χ0) is 13.3. The smallest absolute Gasteiger partial charge is 0.265 e. The van der Waals surface area contributed by atoms with Gasteiger partial charge in [-0.25, -0.2) is 0 Å². The highest BCUT2D eigenvalue weighted by molar-refractivity contribution is 7.80. The van der Waals surface area contributed by atoms with Gasteiger partial charge < -0.3 is 0 Å². The maximum absolute atomic E-state index is 12.0. The first-order chi connectivity index (χ1) is 8.50. The van der Waals surface area contributed by atoms with E-state index in [0.29, 0.717) is 0 Å². The molecule has 2 rings (SSSR count). The predicted molar refractivity (Wildman–Crippen MR) is 72.7 cm³/mol. The average Bonchev–Trinajstić information content (AvgIpc) is 2.34. The molecule has 1 aromatic rings. The van der Waals surface area contributed by atoms with E-state index in [9.17, 15) is 9.59 Å². The molecule has 1 saturated heterocycles. The SMILES string of the molecule is Cc1ccccc1C=C1C(=O)NC(=S)N(C)C1=O. The minimum Gasteiger partial charge on any atom is -0.298 e. The van der Waals surface area contributed by atoms with Gasteiger partial charge in [-0.15, -0.1) is 0 Å². The lowest BCUT2D eigenvalue weighted by molar-refractivity contribution is -0.128. The van der Waals surface area contributed by atoms with E-state index in [1.165, 1.54) is 11.9 Å². The Kier molecular flexibility index (Phi) is 3.25. The number of benzene rings is 1. The highest BCUT2D eigenvalue weighted by atomic mass is 32.1. The Hall–Kier alpha value is -2.01. The lowest BCUT2D eigenvalue weighted by Crippen LogP contribution is -2.52. The summed E-state index contributed by atoms with van der Waals surface area (Å²) in [6.07, 6.45) is 1.59. The summed E-state index contributed by atoms with van der Waals surface area (Å²) in [5, 5.41) is 2.61. The number of carbonyl (C=O) groups excluding carboxylic acids is 2. The molecule has 0 spiro atoms. The fourth-order valence-electron chi connectivity index (χ4n) is 1.65. The van der Waals surface area contributed by atoms with Gasteiger partial charge in [-0.3, -0.25) is 19.8 Å². The minimum absolute atomic E-state index is 0.0976. The summed E-state index contributed by atoms with van der Waals surface area (Å²) in [5.74, 6) is -0.835. The van der Waals surface area contributed by atoms with E-state index in [1.807, 2.05) is 31.2 Å². The van der Waals surface area contributed by atoms with Crippen molar-refractivity contribution in [3.05, 3.63) is 41.0 Å². The molecule has 0 saturated carbocycles. The summed E-state index contributed by atoms with van der Waals surface area (Å²) in [4.78, 5) is 25.0. The molecule has 1 aromatic carbocycles. The number of aryl methyl sites for hydroxylation is 1. The Balaban J connectivity index is 2.44. The molecule has 1 aliphatic heterocycles. The van der Waals surface area contributed by atoms with Crippen LogP contribution in [0.5, 0.6) is 0 Å². The van der Waals surface area contributed by atoms with Crippen molar-refractivity contribution in [1.82, 2.24) is 10.2 Å². The van der Waals surface area contributed by atoms with Crippen molar-refractivity contribution in [3.63, 3.8) is 0 Å². The van der Waals surface area contributed by atoms with Gasteiger partial charge >= 0.3 is 0 Å². The Morgan fingerprint density at radius 2 is 1.94 bits per heavy atom. The molecule has 2 amide bonds. The monoisotopic (exact) mass is 260 g/mol. The second-order valence-corrected chi connectivity index (χ2v) is 4.42. The van der Waals surface area contributed by atoms with Crippen molar-refractivity contribution in [2.45, 2.75) is 6.92 Å². The number of hydrogen-bond acceptors (Lipinski definition) is 3. The molecule has 1 aliphatic rings. The molecule has 5 heteroatoms. The van der Waals surface area contributed by atoms with Crippen LogP contribution >= 0.6 is 12.2 Å². The van der Waals surface area contributed by atoms with Crippen molar-refractivity contribution >= 4 is 35.2 Å². The molecule has 0 radical (unpaired) electrons. The van der Waals surface area contributed by atoms with Crippen LogP contribution in [0.1, 0.15) is 11.1 Å². The summed E-state index contributed by atoms with van der Waals surface area (Å²) < 4.78 is 0. The Morgan fingerprint density at radius 1 is 1.28 bits per heavy atom. The van der Waals surface area contributed by atoms with Crippen molar-refractivity contribution in [1.29, 1.82) is 0 Å². The van der Waals surface area contributed by atoms with Gasteiger partial charge in [-0.05, 0) is 36.3 Å². The molecule has 0 unspecified atom stereocenters. The van der Waals surface area contributed by atoms with E-state index in [2.05, 4.69) is 5.32 Å². The predicted octanol–water partition coefficient (Wildman–Crippen LogP) is 1.25. The summed E-state index contributed by atoms with van der Waals surface area (Å²) in [7, 11) is 1.54. The van der Waals surface area contributed by atoms with Crippen LogP contribution in [0.4, 0.5) is 0 Å². The largest absolute Gasteiger partial charge is 0.298 e. The minimum atomic E-state index is -0.452. The number of nitrogens with zero attached hydrogens (tertiary/aromatic N) is 1. The van der Waals surface area contributed by atoms with Gasteiger partial charge in [0, 0.05) is 7.05 Å². The summed E-state index contributed by atoms with van der Waals surface area (Å²) in [6, 6.07) is 7.54. The first-order valence-corrected chi connectivity index (χ1v) is 5.82. The van der Waals surface area contributed by atoms with Gasteiger partial charge in [-0.2, -0.15) is 0 Å². The van der Waals surface area contributed by atoms with E-state index in [-0.39, 0.29) is 16.6 Å². The molecule has 0 aliphatic carbocycles. The Labute approximate surface area is 110 Å². The number of hydrogen-bond donors (Lipinski definition) is 1. The van der Waals surface area contributed by atoms with Crippen LogP contribution in [-0.2, 0) is 9.59 Å². The molecule has 92 valence electrons. The van der Waals surface area contributed by atoms with Gasteiger partial charge in [0.1, 0.15) is 5.57 Å². The highest BCUT2D eigenvalue weighted by Crippen LogP contribution is 2.15. The zero-order valence-corrected chi connectivity index (χ0v) is 10.9. The molecule has 0 atom stereocenters. The highest BCUT2D eigenvalue weighted by Gasteiger charge is 2.30. The summed E-state index contributed by atoms with van der Waals surface area (Å²) in [5.41, 5.74) is 1.94. The van der Waals surface area contributed by atoms with Gasteiger partial charge in [0.2, 0.25) is 0 Å². The quantitative estimate of drug-likeness (QED) is 0.470. The maximum Gasteiger partial charge on any atom is 0.265 e. The number of thiocarbonyl (C=S) groups is 1. The first-order valence-electron chi connectivity index (χ1n) is 5.41. The average molecular weight is 260 g/mol. The van der Waals surface area contributed by atoms with Crippen molar-refractivity contribution in [2.75, 3.05) is 7.05 Å². The zero-order valence-electron chi connectivity index (χ0n) is 10.1. The van der Waals surface area contributed by atoms with E-state index in [1.54, 1.807) is 6.08 Å². The van der Waals surface area contributed by atoms with Crippen LogP contribution in [0.2, 0.25) is 0 Å². The molecular weight excluding hydrogens is 248 g/mol. The lowest BCUT2D eigenvalue weighted by atomic mass is 10.0. The van der Waals surface area contributed by atoms with Crippen LogP contribution < -0.4 is 5.32 Å². The van der Waals surface area contributed by atoms with Gasteiger partial charge in [0.25, 0.3) is 11.8 Å². The van der Waals surface area contributed by atoms with Crippen LogP contribution in [-0.4, -0.2) is 28.9 Å². The fraction of sp³-hybridized carbons (Fsp3) is 0.154. The topological polar surface area (TPSA) is 49.4 Å². The Bertz CT molecular complexity index is 578. The number of nitrogens with one attached hydrogen (secondary N) is 1. The third-order valence-electron chi connectivity index (χ3n) is 2.79. The maximum atomic E-state index is 12.0. The molecule has 18 heavy (non-hydrogen) atoms. The third kappa shape index (κ3) is 2.17. The standard InChI is InChI=1S/C13H12N2O2S/c1-8-5-3-4-6-9(8)7-10-11(16)14-13(18)15(2)12(10)17/h3-7H,1-2H3,(H,14,16,18). The van der Waals surface area contributed by atoms with Crippen molar-refractivity contribution in [2.24, 2.45) is 0 Å². The van der Waals surface area contributed by atoms with E-state index < -0.39 is 5.91 Å².